The number of nitrogens with one attached hydrogen (secondary N) is 1. The zero-order valence-electron chi connectivity index (χ0n) is 23.1. The Morgan fingerprint density at radius 1 is 0.900 bits per heavy atom. The van der Waals surface area contributed by atoms with E-state index in [1.807, 2.05) is 79.7 Å². The van der Waals surface area contributed by atoms with Gasteiger partial charge in [-0.3, -0.25) is 4.79 Å². The lowest BCUT2D eigenvalue weighted by atomic mass is 9.86. The summed E-state index contributed by atoms with van der Waals surface area (Å²) in [5, 5.41) is 3.59. The molecule has 1 aliphatic heterocycles. The van der Waals surface area contributed by atoms with Crippen molar-refractivity contribution in [2.24, 2.45) is 5.92 Å². The molecule has 2 atom stereocenters. The molecule has 2 unspecified atom stereocenters. The number of aromatic nitrogens is 1. The van der Waals surface area contributed by atoms with Gasteiger partial charge in [-0.1, -0.05) is 78.9 Å². The number of esters is 1. The van der Waals surface area contributed by atoms with Crippen molar-refractivity contribution < 1.29 is 19.0 Å². The summed E-state index contributed by atoms with van der Waals surface area (Å²) in [7, 11) is 0. The van der Waals surface area contributed by atoms with Crippen molar-refractivity contribution in [1.29, 1.82) is 0 Å². The number of piperidine rings is 1. The quantitative estimate of drug-likeness (QED) is 0.224. The molecule has 0 amide bonds. The third kappa shape index (κ3) is 6.88. The topological polar surface area (TPSA) is 69.7 Å². The fourth-order valence-electron chi connectivity index (χ4n) is 5.15. The summed E-state index contributed by atoms with van der Waals surface area (Å²) in [5.41, 5.74) is 6.41. The van der Waals surface area contributed by atoms with Gasteiger partial charge in [0.25, 0.3) is 0 Å². The summed E-state index contributed by atoms with van der Waals surface area (Å²) in [6.45, 7) is 6.01. The summed E-state index contributed by atoms with van der Waals surface area (Å²) in [5.74, 6) is 0.875. The normalized spacial score (nSPS) is 16.8. The van der Waals surface area contributed by atoms with E-state index in [0.29, 0.717) is 31.6 Å². The van der Waals surface area contributed by atoms with Crippen molar-refractivity contribution in [3.05, 3.63) is 113 Å². The molecule has 0 saturated carbocycles. The van der Waals surface area contributed by atoms with Gasteiger partial charge in [-0.25, -0.2) is 0 Å². The highest BCUT2D eigenvalue weighted by Gasteiger charge is 2.29. The van der Waals surface area contributed by atoms with E-state index < -0.39 is 0 Å². The van der Waals surface area contributed by atoms with Crippen LogP contribution in [-0.2, 0) is 22.7 Å². The summed E-state index contributed by atoms with van der Waals surface area (Å²) in [6.07, 6.45) is 1.54. The first-order chi connectivity index (χ1) is 19.6. The molecule has 5 rings (SSSR count). The van der Waals surface area contributed by atoms with Gasteiger partial charge in [-0.05, 0) is 67.1 Å². The Balaban J connectivity index is 1.38. The van der Waals surface area contributed by atoms with Crippen LogP contribution in [0.2, 0.25) is 0 Å². The van der Waals surface area contributed by atoms with Gasteiger partial charge in [0.05, 0.1) is 12.5 Å². The molecule has 0 aliphatic carbocycles. The predicted octanol–water partition coefficient (Wildman–Crippen LogP) is 6.82. The SMILES string of the molecule is CCOC(=O)C1CCNC(c2ccc(-c3ccc(OCc4ccccc4)nc3OCc3ccccc3)cc2C)C1. The Morgan fingerprint density at radius 2 is 1.60 bits per heavy atom. The Labute approximate surface area is 236 Å². The zero-order chi connectivity index (χ0) is 27.7. The van der Waals surface area contributed by atoms with Gasteiger partial charge in [0.1, 0.15) is 13.2 Å². The van der Waals surface area contributed by atoms with Crippen molar-refractivity contribution >= 4 is 5.97 Å². The first-order valence-corrected chi connectivity index (χ1v) is 14.0. The zero-order valence-corrected chi connectivity index (χ0v) is 23.1. The molecule has 206 valence electrons. The van der Waals surface area contributed by atoms with E-state index in [4.69, 9.17) is 19.2 Å². The highest BCUT2D eigenvalue weighted by Crippen LogP contribution is 2.35. The van der Waals surface area contributed by atoms with Gasteiger partial charge in [0.2, 0.25) is 11.8 Å². The number of aryl methyl sites for hydroxylation is 1. The second kappa shape index (κ2) is 13.3. The van der Waals surface area contributed by atoms with E-state index in [2.05, 4.69) is 30.4 Å². The number of hydrogen-bond acceptors (Lipinski definition) is 6. The van der Waals surface area contributed by atoms with E-state index in [-0.39, 0.29) is 17.9 Å². The third-order valence-corrected chi connectivity index (χ3v) is 7.26. The first kappa shape index (κ1) is 27.4. The molecule has 1 fully saturated rings. The Bertz CT molecular complexity index is 1410. The number of ether oxygens (including phenoxy) is 3. The van der Waals surface area contributed by atoms with Crippen LogP contribution in [0.5, 0.6) is 11.8 Å². The lowest BCUT2D eigenvalue weighted by Gasteiger charge is -2.30. The molecule has 3 aromatic carbocycles. The second-order valence-electron chi connectivity index (χ2n) is 10.1. The maximum Gasteiger partial charge on any atom is 0.309 e. The molecule has 0 spiro atoms. The molecular formula is C34H36N2O4. The van der Waals surface area contributed by atoms with E-state index >= 15 is 0 Å². The number of carbonyl (C=O) groups is 1. The summed E-state index contributed by atoms with van der Waals surface area (Å²) < 4.78 is 17.6. The maximum atomic E-state index is 12.4. The lowest BCUT2D eigenvalue weighted by molar-refractivity contribution is -0.149. The Kier molecular flexibility index (Phi) is 9.09. The molecule has 4 aromatic rings. The van der Waals surface area contributed by atoms with Crippen LogP contribution in [-0.4, -0.2) is 24.1 Å². The monoisotopic (exact) mass is 536 g/mol. The molecule has 40 heavy (non-hydrogen) atoms. The Morgan fingerprint density at radius 3 is 2.27 bits per heavy atom. The molecule has 6 nitrogen and oxygen atoms in total. The van der Waals surface area contributed by atoms with Gasteiger partial charge in [-0.15, -0.1) is 0 Å². The maximum absolute atomic E-state index is 12.4. The van der Waals surface area contributed by atoms with Gasteiger partial charge in [0.15, 0.2) is 0 Å². The van der Waals surface area contributed by atoms with Gasteiger partial charge >= 0.3 is 5.97 Å². The minimum absolute atomic E-state index is 0.0732. The number of hydrogen-bond donors (Lipinski definition) is 1. The first-order valence-electron chi connectivity index (χ1n) is 14.0. The predicted molar refractivity (Wildman–Crippen MR) is 156 cm³/mol. The van der Waals surface area contributed by atoms with Crippen LogP contribution in [0.25, 0.3) is 11.1 Å². The fourth-order valence-corrected chi connectivity index (χ4v) is 5.15. The minimum Gasteiger partial charge on any atom is -0.473 e. The summed E-state index contributed by atoms with van der Waals surface area (Å²) in [4.78, 5) is 17.1. The Hall–Kier alpha value is -4.16. The average molecular weight is 537 g/mol. The van der Waals surface area contributed by atoms with Crippen LogP contribution in [0.1, 0.15) is 48.1 Å². The number of pyridine rings is 1. The third-order valence-electron chi connectivity index (χ3n) is 7.26. The van der Waals surface area contributed by atoms with Gasteiger partial charge in [0, 0.05) is 17.7 Å². The minimum atomic E-state index is -0.0934. The largest absolute Gasteiger partial charge is 0.473 e. The van der Waals surface area contributed by atoms with Crippen molar-refractivity contribution in [2.45, 2.75) is 45.9 Å². The molecule has 1 saturated heterocycles. The van der Waals surface area contributed by atoms with Crippen molar-refractivity contribution in [3.63, 3.8) is 0 Å². The van der Waals surface area contributed by atoms with Crippen molar-refractivity contribution in [2.75, 3.05) is 13.2 Å². The van der Waals surface area contributed by atoms with Crippen LogP contribution in [0.4, 0.5) is 0 Å². The molecule has 0 bridgehead atoms. The molecule has 1 aromatic heterocycles. The number of benzene rings is 3. The van der Waals surface area contributed by atoms with Crippen molar-refractivity contribution in [3.8, 4) is 22.9 Å². The van der Waals surface area contributed by atoms with Crippen LogP contribution < -0.4 is 14.8 Å². The van der Waals surface area contributed by atoms with Crippen LogP contribution in [0.15, 0.2) is 91.0 Å². The fraction of sp³-hybridized carbons (Fsp3) is 0.294. The highest BCUT2D eigenvalue weighted by molar-refractivity contribution is 5.73. The van der Waals surface area contributed by atoms with Crippen LogP contribution in [0.3, 0.4) is 0 Å². The molecule has 6 heteroatoms. The summed E-state index contributed by atoms with van der Waals surface area (Å²) in [6, 6.07) is 30.5. The van der Waals surface area contributed by atoms with E-state index in [0.717, 1.165) is 47.2 Å². The standard InChI is InChI=1S/C34H36N2O4/c1-3-38-34(37)28-18-19-35-31(21-28)29-15-14-27(20-24(29)2)30-16-17-32(39-22-25-10-6-4-7-11-25)36-33(30)40-23-26-12-8-5-9-13-26/h4-17,20,28,31,35H,3,18-19,21-23H2,1-2H3. The van der Waals surface area contributed by atoms with E-state index in [9.17, 15) is 4.79 Å². The van der Waals surface area contributed by atoms with E-state index in [1.54, 1.807) is 0 Å². The lowest BCUT2D eigenvalue weighted by Crippen LogP contribution is -2.36. The molecule has 1 aliphatic rings. The second-order valence-corrected chi connectivity index (χ2v) is 10.1. The van der Waals surface area contributed by atoms with Gasteiger partial charge < -0.3 is 19.5 Å². The molecule has 2 heterocycles. The van der Waals surface area contributed by atoms with Gasteiger partial charge in [-0.2, -0.15) is 4.98 Å². The smallest absolute Gasteiger partial charge is 0.309 e. The molecular weight excluding hydrogens is 500 g/mol. The van der Waals surface area contributed by atoms with Crippen LogP contribution >= 0.6 is 0 Å². The van der Waals surface area contributed by atoms with E-state index in [1.165, 1.54) is 5.56 Å². The van der Waals surface area contributed by atoms with Crippen molar-refractivity contribution in [1.82, 2.24) is 10.3 Å². The molecule has 0 radical (unpaired) electrons. The number of carbonyl (C=O) groups excluding carboxylic acids is 1. The average Bonchev–Trinajstić information content (AvgIpc) is 3.00. The van der Waals surface area contributed by atoms with Crippen LogP contribution in [0, 0.1) is 12.8 Å². The number of rotatable bonds is 10. The highest BCUT2D eigenvalue weighted by atomic mass is 16.5. The molecule has 1 N–H and O–H groups in total. The number of nitrogens with zero attached hydrogens (tertiary/aromatic N) is 1. The summed E-state index contributed by atoms with van der Waals surface area (Å²) >= 11 is 0.